The number of halogens is 1. The molecule has 1 aromatic heterocycles. The summed E-state index contributed by atoms with van der Waals surface area (Å²) < 4.78 is 24.4. The molecular weight excluding hydrogens is 337 g/mol. The Labute approximate surface area is 152 Å². The molecule has 2 heterocycles. The molecule has 1 fully saturated rings. The molecule has 1 aliphatic rings. The highest BCUT2D eigenvalue weighted by molar-refractivity contribution is 5.82. The predicted octanol–water partition coefficient (Wildman–Crippen LogP) is 2.85. The molecule has 2 aromatic rings. The van der Waals surface area contributed by atoms with Gasteiger partial charge in [0, 0.05) is 31.7 Å². The van der Waals surface area contributed by atoms with Crippen LogP contribution in [0.1, 0.15) is 25.3 Å². The smallest absolute Gasteiger partial charge is 0.239 e. The van der Waals surface area contributed by atoms with Crippen molar-refractivity contribution in [3.8, 4) is 17.2 Å². The van der Waals surface area contributed by atoms with Crippen molar-refractivity contribution >= 4 is 5.91 Å². The Morgan fingerprint density at radius 3 is 2.85 bits per heavy atom. The van der Waals surface area contributed by atoms with Gasteiger partial charge in [0.15, 0.2) is 11.6 Å². The van der Waals surface area contributed by atoms with Crippen LogP contribution in [0.5, 0.6) is 5.75 Å². The van der Waals surface area contributed by atoms with Gasteiger partial charge in [0.05, 0.1) is 18.8 Å². The number of likely N-dealkylation sites (N-methyl/N-ethyl adjacent to an activating group) is 1. The summed E-state index contributed by atoms with van der Waals surface area (Å²) in [5, 5.41) is 0. The summed E-state index contributed by atoms with van der Waals surface area (Å²) in [6.07, 6.45) is 0. The summed E-state index contributed by atoms with van der Waals surface area (Å²) in [5.41, 5.74) is 1.44. The third-order valence-corrected chi connectivity index (χ3v) is 4.90. The van der Waals surface area contributed by atoms with Crippen molar-refractivity contribution in [3.05, 3.63) is 35.5 Å². The second-order valence-corrected chi connectivity index (χ2v) is 6.44. The van der Waals surface area contributed by atoms with E-state index in [4.69, 9.17) is 9.15 Å². The first-order valence-corrected chi connectivity index (χ1v) is 8.77. The zero-order chi connectivity index (χ0) is 18.8. The van der Waals surface area contributed by atoms with E-state index in [9.17, 15) is 9.18 Å². The Bertz CT molecular complexity index is 805. The monoisotopic (exact) mass is 361 g/mol. The van der Waals surface area contributed by atoms with Gasteiger partial charge in [-0.15, -0.1) is 0 Å². The molecule has 1 saturated heterocycles. The SMILES string of the molecule is CCN1CCN(Cc2nc(-c3ccc(F)c(OC)c3)oc2C)[C@@H](C)C1=O. The lowest BCUT2D eigenvalue weighted by atomic mass is 10.1. The van der Waals surface area contributed by atoms with Gasteiger partial charge in [-0.1, -0.05) is 0 Å². The van der Waals surface area contributed by atoms with Gasteiger partial charge >= 0.3 is 0 Å². The van der Waals surface area contributed by atoms with Crippen LogP contribution in [0.15, 0.2) is 22.6 Å². The van der Waals surface area contributed by atoms with Gasteiger partial charge in [-0.2, -0.15) is 0 Å². The van der Waals surface area contributed by atoms with Crippen LogP contribution in [0.3, 0.4) is 0 Å². The molecule has 1 amide bonds. The number of methoxy groups -OCH3 is 1. The number of aromatic nitrogens is 1. The fourth-order valence-electron chi connectivity index (χ4n) is 3.19. The minimum Gasteiger partial charge on any atom is -0.494 e. The zero-order valence-electron chi connectivity index (χ0n) is 15.6. The highest BCUT2D eigenvalue weighted by atomic mass is 19.1. The minimum absolute atomic E-state index is 0.142. The van der Waals surface area contributed by atoms with E-state index in [0.717, 1.165) is 25.3 Å². The van der Waals surface area contributed by atoms with E-state index in [1.807, 2.05) is 25.7 Å². The molecule has 26 heavy (non-hydrogen) atoms. The van der Waals surface area contributed by atoms with Gasteiger partial charge < -0.3 is 14.1 Å². The van der Waals surface area contributed by atoms with E-state index in [1.165, 1.54) is 13.2 Å². The summed E-state index contributed by atoms with van der Waals surface area (Å²) in [6, 6.07) is 4.32. The van der Waals surface area contributed by atoms with Crippen LogP contribution in [0.25, 0.3) is 11.5 Å². The van der Waals surface area contributed by atoms with E-state index in [0.29, 0.717) is 23.8 Å². The van der Waals surface area contributed by atoms with Crippen LogP contribution < -0.4 is 4.74 Å². The highest BCUT2D eigenvalue weighted by Crippen LogP contribution is 2.28. The fraction of sp³-hybridized carbons (Fsp3) is 0.474. The summed E-state index contributed by atoms with van der Waals surface area (Å²) in [7, 11) is 1.42. The lowest BCUT2D eigenvalue weighted by Gasteiger charge is -2.38. The summed E-state index contributed by atoms with van der Waals surface area (Å²) in [4.78, 5) is 20.9. The number of oxazole rings is 1. The van der Waals surface area contributed by atoms with Gasteiger partial charge in [-0.25, -0.2) is 9.37 Å². The van der Waals surface area contributed by atoms with Gasteiger partial charge in [0.1, 0.15) is 5.76 Å². The Hall–Kier alpha value is -2.41. The molecule has 0 N–H and O–H groups in total. The number of ether oxygens (including phenoxy) is 1. The molecular formula is C19H24FN3O3. The first kappa shape index (κ1) is 18.4. The van der Waals surface area contributed by atoms with E-state index in [2.05, 4.69) is 9.88 Å². The van der Waals surface area contributed by atoms with Crippen molar-refractivity contribution in [2.75, 3.05) is 26.7 Å². The average Bonchev–Trinajstić information content (AvgIpc) is 3.00. The van der Waals surface area contributed by atoms with Crippen LogP contribution in [0, 0.1) is 12.7 Å². The summed E-state index contributed by atoms with van der Waals surface area (Å²) in [5.74, 6) is 0.974. The Morgan fingerprint density at radius 1 is 1.38 bits per heavy atom. The van der Waals surface area contributed by atoms with Crippen molar-refractivity contribution < 1.29 is 18.3 Å². The molecule has 0 aliphatic carbocycles. The number of rotatable bonds is 5. The van der Waals surface area contributed by atoms with Crippen LogP contribution in [0.4, 0.5) is 4.39 Å². The zero-order valence-corrected chi connectivity index (χ0v) is 15.6. The number of hydrogen-bond acceptors (Lipinski definition) is 5. The first-order valence-electron chi connectivity index (χ1n) is 8.77. The predicted molar refractivity (Wildman–Crippen MR) is 95.3 cm³/mol. The molecule has 140 valence electrons. The quantitative estimate of drug-likeness (QED) is 0.820. The molecule has 1 aromatic carbocycles. The van der Waals surface area contributed by atoms with Crippen molar-refractivity contribution in [2.45, 2.75) is 33.4 Å². The molecule has 7 heteroatoms. The van der Waals surface area contributed by atoms with Gasteiger partial charge in [-0.3, -0.25) is 9.69 Å². The molecule has 6 nitrogen and oxygen atoms in total. The number of aryl methyl sites for hydroxylation is 1. The van der Waals surface area contributed by atoms with E-state index >= 15 is 0 Å². The number of piperazine rings is 1. The summed E-state index contributed by atoms with van der Waals surface area (Å²) in [6.45, 7) is 8.55. The maximum atomic E-state index is 13.6. The van der Waals surface area contributed by atoms with Gasteiger partial charge in [0.25, 0.3) is 0 Å². The standard InChI is InChI=1S/C19H24FN3O3/c1-5-22-8-9-23(12(2)19(22)24)11-16-13(3)26-18(21-16)14-6-7-15(20)17(10-14)25-4/h6-7,10,12H,5,8-9,11H2,1-4H3/t12-/m0/s1. The van der Waals surface area contributed by atoms with Crippen LogP contribution in [-0.2, 0) is 11.3 Å². The number of hydrogen-bond donors (Lipinski definition) is 0. The number of benzene rings is 1. The van der Waals surface area contributed by atoms with Crippen LogP contribution >= 0.6 is 0 Å². The number of carbonyl (C=O) groups is 1. The third kappa shape index (κ3) is 3.44. The van der Waals surface area contributed by atoms with Crippen molar-refractivity contribution in [1.29, 1.82) is 0 Å². The largest absolute Gasteiger partial charge is 0.494 e. The van der Waals surface area contributed by atoms with E-state index in [1.54, 1.807) is 12.1 Å². The minimum atomic E-state index is -0.430. The Kier molecular flexibility index (Phi) is 5.27. The van der Waals surface area contributed by atoms with E-state index in [-0.39, 0.29) is 17.7 Å². The van der Waals surface area contributed by atoms with Crippen molar-refractivity contribution in [3.63, 3.8) is 0 Å². The van der Waals surface area contributed by atoms with E-state index < -0.39 is 5.82 Å². The maximum Gasteiger partial charge on any atom is 0.239 e. The molecule has 0 unspecified atom stereocenters. The first-order chi connectivity index (χ1) is 12.4. The molecule has 1 aliphatic heterocycles. The molecule has 0 saturated carbocycles. The number of nitrogens with zero attached hydrogens (tertiary/aromatic N) is 3. The van der Waals surface area contributed by atoms with Crippen molar-refractivity contribution in [2.24, 2.45) is 0 Å². The lowest BCUT2D eigenvalue weighted by molar-refractivity contribution is -0.141. The maximum absolute atomic E-state index is 13.6. The topological polar surface area (TPSA) is 58.8 Å². The molecule has 0 bridgehead atoms. The summed E-state index contributed by atoms with van der Waals surface area (Å²) >= 11 is 0. The second kappa shape index (κ2) is 7.45. The highest BCUT2D eigenvalue weighted by Gasteiger charge is 2.31. The fourth-order valence-corrected chi connectivity index (χ4v) is 3.19. The van der Waals surface area contributed by atoms with Crippen LogP contribution in [0.2, 0.25) is 0 Å². The van der Waals surface area contributed by atoms with Crippen LogP contribution in [-0.4, -0.2) is 53.5 Å². The molecule has 0 spiro atoms. The Balaban J connectivity index is 1.80. The number of carbonyl (C=O) groups excluding carboxylic acids is 1. The average molecular weight is 361 g/mol. The lowest BCUT2D eigenvalue weighted by Crippen LogP contribution is -2.55. The second-order valence-electron chi connectivity index (χ2n) is 6.44. The van der Waals surface area contributed by atoms with Crippen molar-refractivity contribution in [1.82, 2.24) is 14.8 Å². The molecule has 0 radical (unpaired) electrons. The molecule has 3 rings (SSSR count). The normalized spacial score (nSPS) is 18.4. The Morgan fingerprint density at radius 2 is 2.15 bits per heavy atom. The molecule has 1 atom stereocenters. The third-order valence-electron chi connectivity index (χ3n) is 4.90. The number of amides is 1. The van der Waals surface area contributed by atoms with Gasteiger partial charge in [0.2, 0.25) is 11.8 Å². The van der Waals surface area contributed by atoms with Gasteiger partial charge in [-0.05, 0) is 39.0 Å².